The molecule has 2 nitrogen and oxygen atoms in total. The molecule has 0 amide bonds. The maximum Gasteiger partial charge on any atom is 0.146 e. The third-order valence-electron chi connectivity index (χ3n) is 3.94. The number of para-hydroxylation sites is 1. The lowest BCUT2D eigenvalue weighted by Crippen LogP contribution is -2.35. The maximum atomic E-state index is 13.9. The second kappa shape index (κ2) is 3.74. The largest absolute Gasteiger partial charge is 0.366 e. The summed E-state index contributed by atoms with van der Waals surface area (Å²) in [5, 5.41) is 0. The Kier molecular flexibility index (Phi) is 2.36. The standard InChI is InChI=1S/C13H17FN2/c14-12-3-1-2-10-4-5-11-6-9(7-15)8-16(11)13(10)12/h1-3,9,11H,4-8,15H2. The number of anilines is 1. The van der Waals surface area contributed by atoms with Crippen molar-refractivity contribution in [2.24, 2.45) is 11.7 Å². The van der Waals surface area contributed by atoms with Crippen LogP contribution in [-0.2, 0) is 6.42 Å². The first-order valence-electron chi connectivity index (χ1n) is 6.03. The number of fused-ring (bicyclic) bond motifs is 3. The number of hydrogen-bond acceptors (Lipinski definition) is 2. The highest BCUT2D eigenvalue weighted by atomic mass is 19.1. The van der Waals surface area contributed by atoms with Gasteiger partial charge in [0.1, 0.15) is 5.82 Å². The van der Waals surface area contributed by atoms with Gasteiger partial charge < -0.3 is 10.6 Å². The Morgan fingerprint density at radius 3 is 3.12 bits per heavy atom. The Morgan fingerprint density at radius 2 is 2.31 bits per heavy atom. The highest BCUT2D eigenvalue weighted by Gasteiger charge is 2.36. The molecule has 2 atom stereocenters. The summed E-state index contributed by atoms with van der Waals surface area (Å²) in [6.07, 6.45) is 3.28. The molecule has 2 N–H and O–H groups in total. The van der Waals surface area contributed by atoms with E-state index in [0.717, 1.165) is 43.6 Å². The minimum atomic E-state index is -0.0696. The van der Waals surface area contributed by atoms with Gasteiger partial charge in [-0.05, 0) is 43.4 Å². The molecule has 1 aromatic rings. The number of nitrogens with two attached hydrogens (primary N) is 1. The molecule has 1 fully saturated rings. The molecule has 0 spiro atoms. The van der Waals surface area contributed by atoms with Crippen molar-refractivity contribution in [2.75, 3.05) is 18.0 Å². The van der Waals surface area contributed by atoms with E-state index in [1.54, 1.807) is 6.07 Å². The van der Waals surface area contributed by atoms with E-state index in [0.29, 0.717) is 12.0 Å². The van der Waals surface area contributed by atoms with Gasteiger partial charge in [0.25, 0.3) is 0 Å². The molecule has 0 bridgehead atoms. The van der Waals surface area contributed by atoms with E-state index < -0.39 is 0 Å². The van der Waals surface area contributed by atoms with Crippen molar-refractivity contribution in [3.63, 3.8) is 0 Å². The molecule has 1 saturated heterocycles. The smallest absolute Gasteiger partial charge is 0.146 e. The molecule has 2 unspecified atom stereocenters. The van der Waals surface area contributed by atoms with Crippen LogP contribution in [0.2, 0.25) is 0 Å². The minimum absolute atomic E-state index is 0.0696. The summed E-state index contributed by atoms with van der Waals surface area (Å²) in [5.41, 5.74) is 7.73. The molecule has 1 aromatic carbocycles. The van der Waals surface area contributed by atoms with Crippen LogP contribution in [0.4, 0.5) is 10.1 Å². The van der Waals surface area contributed by atoms with Gasteiger partial charge in [-0.2, -0.15) is 0 Å². The van der Waals surface area contributed by atoms with Crippen LogP contribution in [0.1, 0.15) is 18.4 Å². The predicted molar refractivity (Wildman–Crippen MR) is 63.0 cm³/mol. The Bertz CT molecular complexity index is 405. The van der Waals surface area contributed by atoms with Crippen LogP contribution in [0.15, 0.2) is 18.2 Å². The molecule has 2 aliphatic rings. The van der Waals surface area contributed by atoms with Crippen LogP contribution in [0.5, 0.6) is 0 Å². The average Bonchev–Trinajstić information content (AvgIpc) is 2.72. The summed E-state index contributed by atoms with van der Waals surface area (Å²) in [6.45, 7) is 1.64. The van der Waals surface area contributed by atoms with E-state index in [1.165, 1.54) is 0 Å². The fourth-order valence-electron chi connectivity index (χ4n) is 3.14. The summed E-state index contributed by atoms with van der Waals surface area (Å²) in [6, 6.07) is 5.93. The first kappa shape index (κ1) is 10.1. The molecule has 86 valence electrons. The lowest BCUT2D eigenvalue weighted by molar-refractivity contribution is 0.529. The zero-order chi connectivity index (χ0) is 11.1. The molecule has 0 saturated carbocycles. The van der Waals surface area contributed by atoms with Gasteiger partial charge in [0.05, 0.1) is 5.69 Å². The molecule has 3 heteroatoms. The van der Waals surface area contributed by atoms with Crippen LogP contribution in [0, 0.1) is 11.7 Å². The highest BCUT2D eigenvalue weighted by molar-refractivity contribution is 5.58. The van der Waals surface area contributed by atoms with Crippen molar-refractivity contribution in [3.8, 4) is 0 Å². The van der Waals surface area contributed by atoms with Crippen molar-refractivity contribution < 1.29 is 4.39 Å². The summed E-state index contributed by atoms with van der Waals surface area (Å²) in [7, 11) is 0. The van der Waals surface area contributed by atoms with Crippen LogP contribution < -0.4 is 10.6 Å². The van der Waals surface area contributed by atoms with E-state index in [2.05, 4.69) is 4.90 Å². The molecule has 2 heterocycles. The molecule has 0 aromatic heterocycles. The first-order chi connectivity index (χ1) is 7.79. The molecule has 2 aliphatic heterocycles. The van der Waals surface area contributed by atoms with Crippen molar-refractivity contribution in [1.29, 1.82) is 0 Å². The number of aryl methyl sites for hydroxylation is 1. The first-order valence-corrected chi connectivity index (χ1v) is 6.03. The van der Waals surface area contributed by atoms with Gasteiger partial charge in [-0.3, -0.25) is 0 Å². The summed E-state index contributed by atoms with van der Waals surface area (Å²) in [4.78, 5) is 2.24. The van der Waals surface area contributed by atoms with Gasteiger partial charge >= 0.3 is 0 Å². The number of benzene rings is 1. The third-order valence-corrected chi connectivity index (χ3v) is 3.94. The summed E-state index contributed by atoms with van der Waals surface area (Å²) in [5.74, 6) is 0.468. The number of halogens is 1. The summed E-state index contributed by atoms with van der Waals surface area (Å²) >= 11 is 0. The topological polar surface area (TPSA) is 29.3 Å². The van der Waals surface area contributed by atoms with Crippen molar-refractivity contribution in [1.82, 2.24) is 0 Å². The number of rotatable bonds is 1. The predicted octanol–water partition coefficient (Wildman–Crippen LogP) is 1.93. The van der Waals surface area contributed by atoms with Gasteiger partial charge in [-0.1, -0.05) is 12.1 Å². The monoisotopic (exact) mass is 220 g/mol. The molecule has 0 aliphatic carbocycles. The van der Waals surface area contributed by atoms with E-state index in [4.69, 9.17) is 5.73 Å². The Balaban J connectivity index is 1.99. The maximum absolute atomic E-state index is 13.9. The molecule has 0 radical (unpaired) electrons. The third kappa shape index (κ3) is 1.42. The zero-order valence-corrected chi connectivity index (χ0v) is 9.32. The van der Waals surface area contributed by atoms with Crippen molar-refractivity contribution in [2.45, 2.75) is 25.3 Å². The lowest BCUT2D eigenvalue weighted by Gasteiger charge is -2.33. The van der Waals surface area contributed by atoms with Crippen molar-refractivity contribution >= 4 is 5.69 Å². The van der Waals surface area contributed by atoms with E-state index in [1.807, 2.05) is 12.1 Å². The normalized spacial score (nSPS) is 27.8. The molecular weight excluding hydrogens is 203 g/mol. The second-order valence-corrected chi connectivity index (χ2v) is 4.93. The van der Waals surface area contributed by atoms with Crippen LogP contribution in [-0.4, -0.2) is 19.1 Å². The van der Waals surface area contributed by atoms with Gasteiger partial charge in [0.15, 0.2) is 0 Å². The lowest BCUT2D eigenvalue weighted by atomic mass is 9.95. The van der Waals surface area contributed by atoms with Gasteiger partial charge in [-0.15, -0.1) is 0 Å². The zero-order valence-electron chi connectivity index (χ0n) is 9.32. The van der Waals surface area contributed by atoms with Crippen molar-refractivity contribution in [3.05, 3.63) is 29.6 Å². The number of hydrogen-bond donors (Lipinski definition) is 1. The van der Waals surface area contributed by atoms with Gasteiger partial charge in [-0.25, -0.2) is 4.39 Å². The molecule has 16 heavy (non-hydrogen) atoms. The van der Waals surface area contributed by atoms with Crippen LogP contribution >= 0.6 is 0 Å². The van der Waals surface area contributed by atoms with E-state index >= 15 is 0 Å². The van der Waals surface area contributed by atoms with Crippen LogP contribution in [0.3, 0.4) is 0 Å². The van der Waals surface area contributed by atoms with Gasteiger partial charge in [0, 0.05) is 12.6 Å². The summed E-state index contributed by atoms with van der Waals surface area (Å²) < 4.78 is 13.9. The van der Waals surface area contributed by atoms with Crippen LogP contribution in [0.25, 0.3) is 0 Å². The van der Waals surface area contributed by atoms with E-state index in [9.17, 15) is 4.39 Å². The number of nitrogens with zero attached hydrogens (tertiary/aromatic N) is 1. The molecule has 3 rings (SSSR count). The SMILES string of the molecule is NCC1CC2CCc3cccc(F)c3N2C1. The Labute approximate surface area is 95.2 Å². The minimum Gasteiger partial charge on any atom is -0.366 e. The quantitative estimate of drug-likeness (QED) is 0.783. The average molecular weight is 220 g/mol. The fourth-order valence-corrected chi connectivity index (χ4v) is 3.14. The highest BCUT2D eigenvalue weighted by Crippen LogP contribution is 2.39. The second-order valence-electron chi connectivity index (χ2n) is 4.93. The fraction of sp³-hybridized carbons (Fsp3) is 0.538. The Morgan fingerprint density at radius 1 is 1.44 bits per heavy atom. The Hall–Kier alpha value is -1.09. The van der Waals surface area contributed by atoms with E-state index in [-0.39, 0.29) is 5.82 Å². The van der Waals surface area contributed by atoms with Gasteiger partial charge in [0.2, 0.25) is 0 Å². The molecular formula is C13H17FN2.